The van der Waals surface area contributed by atoms with Crippen molar-refractivity contribution in [1.29, 1.82) is 0 Å². The second-order valence-corrected chi connectivity index (χ2v) is 5.75. The number of benzene rings is 2. The summed E-state index contributed by atoms with van der Waals surface area (Å²) in [4.78, 5) is 10.1. The van der Waals surface area contributed by atoms with Gasteiger partial charge in [0.2, 0.25) is 0 Å². The van der Waals surface area contributed by atoms with E-state index in [0.29, 0.717) is 5.69 Å². The lowest BCUT2D eigenvalue weighted by Crippen LogP contribution is -2.18. The van der Waals surface area contributed by atoms with E-state index in [-0.39, 0.29) is 11.7 Å². The molecule has 1 atom stereocenters. The molecule has 1 N–H and O–H groups in total. The summed E-state index contributed by atoms with van der Waals surface area (Å²) >= 11 is 3.37. The Bertz CT molecular complexity index is 647. The van der Waals surface area contributed by atoms with Crippen LogP contribution in [0.3, 0.4) is 0 Å². The Kier molecular flexibility index (Phi) is 4.90. The van der Waals surface area contributed by atoms with Crippen LogP contribution >= 0.6 is 15.9 Å². The van der Waals surface area contributed by atoms with E-state index in [1.165, 1.54) is 12.1 Å². The number of nitro benzene ring substituents is 1. The minimum absolute atomic E-state index is 0.0209. The lowest BCUT2D eigenvalue weighted by atomic mass is 10.1. The van der Waals surface area contributed by atoms with Gasteiger partial charge in [0, 0.05) is 22.3 Å². The van der Waals surface area contributed by atoms with Crippen LogP contribution in [0, 0.1) is 15.9 Å². The Morgan fingerprint density at radius 3 is 2.57 bits per heavy atom. The Hall–Kier alpha value is -1.95. The third kappa shape index (κ3) is 4.53. The molecule has 1 unspecified atom stereocenters. The first-order valence-corrected chi connectivity index (χ1v) is 7.19. The van der Waals surface area contributed by atoms with Gasteiger partial charge in [-0.1, -0.05) is 28.1 Å². The highest BCUT2D eigenvalue weighted by atomic mass is 79.9. The van der Waals surface area contributed by atoms with Gasteiger partial charge in [0.25, 0.3) is 5.69 Å². The molecule has 21 heavy (non-hydrogen) atoms. The van der Waals surface area contributed by atoms with Crippen LogP contribution in [0.2, 0.25) is 0 Å². The van der Waals surface area contributed by atoms with E-state index in [4.69, 9.17) is 0 Å². The van der Waals surface area contributed by atoms with Crippen molar-refractivity contribution in [3.63, 3.8) is 0 Å². The number of rotatable bonds is 5. The summed E-state index contributed by atoms with van der Waals surface area (Å²) in [5, 5.41) is 13.8. The molecule has 6 heteroatoms. The quantitative estimate of drug-likeness (QED) is 0.634. The predicted octanol–water partition coefficient (Wildman–Crippen LogP) is 4.54. The number of nitrogens with zero attached hydrogens (tertiary/aromatic N) is 1. The second-order valence-electron chi connectivity index (χ2n) is 4.83. The molecule has 0 saturated heterocycles. The van der Waals surface area contributed by atoms with Gasteiger partial charge in [0.1, 0.15) is 5.82 Å². The van der Waals surface area contributed by atoms with Crippen molar-refractivity contribution in [3.05, 3.63) is 68.4 Å². The number of nitro groups is 1. The molecule has 0 bridgehead atoms. The lowest BCUT2D eigenvalue weighted by Gasteiger charge is -2.15. The van der Waals surface area contributed by atoms with Crippen molar-refractivity contribution < 1.29 is 9.31 Å². The number of non-ortho nitro benzene ring substituents is 1. The summed E-state index contributed by atoms with van der Waals surface area (Å²) in [5.41, 5.74) is 1.28. The van der Waals surface area contributed by atoms with Crippen molar-refractivity contribution in [2.45, 2.75) is 19.4 Å². The van der Waals surface area contributed by atoms with Crippen LogP contribution in [0.4, 0.5) is 15.8 Å². The molecule has 0 amide bonds. The van der Waals surface area contributed by atoms with Crippen molar-refractivity contribution in [2.24, 2.45) is 0 Å². The van der Waals surface area contributed by atoms with Gasteiger partial charge in [0.05, 0.1) is 11.0 Å². The highest BCUT2D eigenvalue weighted by Gasteiger charge is 2.11. The van der Waals surface area contributed by atoms with Crippen molar-refractivity contribution >= 4 is 27.3 Å². The molecule has 0 aliphatic rings. The van der Waals surface area contributed by atoms with Gasteiger partial charge in [-0.05, 0) is 37.1 Å². The first kappa shape index (κ1) is 15.4. The van der Waals surface area contributed by atoms with Gasteiger partial charge in [-0.25, -0.2) is 4.39 Å². The van der Waals surface area contributed by atoms with Gasteiger partial charge in [-0.15, -0.1) is 0 Å². The molecule has 0 heterocycles. The Morgan fingerprint density at radius 2 is 1.95 bits per heavy atom. The molecule has 0 aromatic heterocycles. The van der Waals surface area contributed by atoms with E-state index in [9.17, 15) is 14.5 Å². The normalized spacial score (nSPS) is 12.0. The average molecular weight is 353 g/mol. The van der Waals surface area contributed by atoms with Crippen molar-refractivity contribution in [3.8, 4) is 0 Å². The SMILES string of the molecule is CC(Cc1ccc(Br)cc1)Nc1cc(F)cc([N+](=O)[O-])c1. The zero-order chi connectivity index (χ0) is 15.4. The van der Waals surface area contributed by atoms with E-state index >= 15 is 0 Å². The first-order chi connectivity index (χ1) is 9.94. The highest BCUT2D eigenvalue weighted by molar-refractivity contribution is 9.10. The molecule has 2 rings (SSSR count). The molecular weight excluding hydrogens is 339 g/mol. The fourth-order valence-corrected chi connectivity index (χ4v) is 2.34. The molecular formula is C15H14BrFN2O2. The number of hydrogen-bond donors (Lipinski definition) is 1. The van der Waals surface area contributed by atoms with Crippen LogP contribution in [-0.2, 0) is 6.42 Å². The Balaban J connectivity index is 2.07. The largest absolute Gasteiger partial charge is 0.382 e. The fraction of sp³-hybridized carbons (Fsp3) is 0.200. The standard InChI is InChI=1S/C15H14BrFN2O2/c1-10(6-11-2-4-12(16)5-3-11)18-14-7-13(17)8-15(9-14)19(20)21/h2-5,7-10,18H,6H2,1H3. The smallest absolute Gasteiger partial charge is 0.274 e. The van der Waals surface area contributed by atoms with Gasteiger partial charge in [-0.2, -0.15) is 0 Å². The van der Waals surface area contributed by atoms with E-state index in [1.54, 1.807) is 0 Å². The summed E-state index contributed by atoms with van der Waals surface area (Å²) in [6.07, 6.45) is 0.734. The number of halogens is 2. The molecule has 0 spiro atoms. The monoisotopic (exact) mass is 352 g/mol. The summed E-state index contributed by atoms with van der Waals surface area (Å²) in [6.45, 7) is 1.94. The molecule has 110 valence electrons. The third-order valence-corrected chi connectivity index (χ3v) is 3.49. The molecule has 0 fully saturated rings. The summed E-state index contributed by atoms with van der Waals surface area (Å²) < 4.78 is 14.4. The minimum atomic E-state index is -0.623. The van der Waals surface area contributed by atoms with Crippen LogP contribution in [0.1, 0.15) is 12.5 Å². The van der Waals surface area contributed by atoms with E-state index in [1.807, 2.05) is 31.2 Å². The zero-order valence-corrected chi connectivity index (χ0v) is 12.9. The number of anilines is 1. The molecule has 0 aliphatic heterocycles. The predicted molar refractivity (Wildman–Crippen MR) is 84.0 cm³/mol. The minimum Gasteiger partial charge on any atom is -0.382 e. The van der Waals surface area contributed by atoms with Gasteiger partial charge >= 0.3 is 0 Å². The fourth-order valence-electron chi connectivity index (χ4n) is 2.07. The molecule has 0 radical (unpaired) electrons. The number of nitrogens with one attached hydrogen (secondary N) is 1. The zero-order valence-electron chi connectivity index (χ0n) is 11.3. The molecule has 4 nitrogen and oxygen atoms in total. The highest BCUT2D eigenvalue weighted by Crippen LogP contribution is 2.21. The Labute approximate surface area is 130 Å². The molecule has 0 aliphatic carbocycles. The van der Waals surface area contributed by atoms with Crippen LogP contribution in [0.15, 0.2) is 46.9 Å². The maximum absolute atomic E-state index is 13.4. The number of hydrogen-bond acceptors (Lipinski definition) is 3. The van der Waals surface area contributed by atoms with Crippen LogP contribution < -0.4 is 5.32 Å². The van der Waals surface area contributed by atoms with Gasteiger partial charge in [0.15, 0.2) is 0 Å². The van der Waals surface area contributed by atoms with E-state index in [2.05, 4.69) is 21.2 Å². The van der Waals surface area contributed by atoms with E-state index < -0.39 is 10.7 Å². The van der Waals surface area contributed by atoms with Gasteiger partial charge < -0.3 is 5.32 Å². The summed E-state index contributed by atoms with van der Waals surface area (Å²) in [6, 6.07) is 11.4. The summed E-state index contributed by atoms with van der Waals surface area (Å²) in [7, 11) is 0. The van der Waals surface area contributed by atoms with Crippen molar-refractivity contribution in [2.75, 3.05) is 5.32 Å². The van der Waals surface area contributed by atoms with Crippen molar-refractivity contribution in [1.82, 2.24) is 0 Å². The van der Waals surface area contributed by atoms with Crippen LogP contribution in [-0.4, -0.2) is 11.0 Å². The summed E-state index contributed by atoms with van der Waals surface area (Å²) in [5.74, 6) is -0.623. The third-order valence-electron chi connectivity index (χ3n) is 2.96. The maximum atomic E-state index is 13.4. The topological polar surface area (TPSA) is 55.2 Å². The van der Waals surface area contributed by atoms with Crippen LogP contribution in [0.5, 0.6) is 0 Å². The second kappa shape index (κ2) is 6.67. The van der Waals surface area contributed by atoms with Gasteiger partial charge in [-0.3, -0.25) is 10.1 Å². The van der Waals surface area contributed by atoms with E-state index in [0.717, 1.165) is 22.5 Å². The molecule has 2 aromatic carbocycles. The lowest BCUT2D eigenvalue weighted by molar-refractivity contribution is -0.385. The Morgan fingerprint density at radius 1 is 1.29 bits per heavy atom. The molecule has 0 saturated carbocycles. The maximum Gasteiger partial charge on any atom is 0.274 e. The average Bonchev–Trinajstić information content (AvgIpc) is 2.40. The van der Waals surface area contributed by atoms with Crippen LogP contribution in [0.25, 0.3) is 0 Å². The first-order valence-electron chi connectivity index (χ1n) is 6.40. The molecule has 2 aromatic rings.